The first-order chi connectivity index (χ1) is 18.7. The van der Waals surface area contributed by atoms with Crippen LogP contribution >= 0.6 is 0 Å². The summed E-state index contributed by atoms with van der Waals surface area (Å²) < 4.78 is 37.3. The van der Waals surface area contributed by atoms with E-state index < -0.39 is 40.6 Å². The summed E-state index contributed by atoms with van der Waals surface area (Å²) in [6.07, 6.45) is -0.227. The number of amides is 2. The lowest BCUT2D eigenvalue weighted by Gasteiger charge is -2.30. The Hall–Kier alpha value is -4.72. The van der Waals surface area contributed by atoms with E-state index in [9.17, 15) is 33.3 Å². The topological polar surface area (TPSA) is 170 Å². The van der Waals surface area contributed by atoms with E-state index in [1.54, 1.807) is 36.4 Å². The fraction of sp³-hybridized carbons (Fsp3) is 0.269. The number of hydrogen-bond acceptors (Lipinski definition) is 9. The Morgan fingerprint density at radius 1 is 1.05 bits per heavy atom. The summed E-state index contributed by atoms with van der Waals surface area (Å²) in [6, 6.07) is 15.7. The van der Waals surface area contributed by atoms with Crippen LogP contribution in [0.25, 0.3) is 5.57 Å². The van der Waals surface area contributed by atoms with E-state index >= 15 is 0 Å². The smallest absolute Gasteiger partial charge is 0.411 e. The molecule has 12 nitrogen and oxygen atoms in total. The van der Waals surface area contributed by atoms with Crippen molar-refractivity contribution in [1.82, 2.24) is 4.31 Å². The first-order valence-electron chi connectivity index (χ1n) is 11.8. The van der Waals surface area contributed by atoms with Crippen molar-refractivity contribution in [2.45, 2.75) is 17.7 Å². The Bertz CT molecular complexity index is 1510. The lowest BCUT2D eigenvalue weighted by molar-refractivity contribution is -0.150. The van der Waals surface area contributed by atoms with Crippen LogP contribution in [0.2, 0.25) is 0 Å². The first kappa shape index (κ1) is 27.3. The zero-order valence-electron chi connectivity index (χ0n) is 20.8. The van der Waals surface area contributed by atoms with Crippen LogP contribution in [0.1, 0.15) is 18.4 Å². The molecule has 4 rings (SSSR count). The fourth-order valence-corrected chi connectivity index (χ4v) is 5.86. The van der Waals surface area contributed by atoms with Gasteiger partial charge in [-0.1, -0.05) is 18.2 Å². The molecule has 0 bridgehead atoms. The molecule has 1 saturated heterocycles. The van der Waals surface area contributed by atoms with Crippen molar-refractivity contribution < 1.29 is 32.3 Å². The molecule has 13 heteroatoms. The number of fused-ring (bicyclic) bond motifs is 1. The summed E-state index contributed by atoms with van der Waals surface area (Å²) in [5.41, 5.74) is 0.829. The van der Waals surface area contributed by atoms with Gasteiger partial charge in [0, 0.05) is 24.3 Å². The maximum atomic E-state index is 13.0. The molecule has 0 aromatic heterocycles. The highest BCUT2D eigenvalue weighted by molar-refractivity contribution is 7.89. The molecule has 0 radical (unpaired) electrons. The van der Waals surface area contributed by atoms with Crippen molar-refractivity contribution >= 4 is 44.9 Å². The van der Waals surface area contributed by atoms with Crippen LogP contribution in [0.4, 0.5) is 16.2 Å². The van der Waals surface area contributed by atoms with Crippen LogP contribution in [-0.2, 0) is 29.1 Å². The van der Waals surface area contributed by atoms with E-state index in [2.05, 4.69) is 10.1 Å². The number of piperidine rings is 1. The Labute approximate surface area is 224 Å². The average molecular weight is 550 g/mol. The van der Waals surface area contributed by atoms with Crippen LogP contribution < -0.4 is 10.2 Å². The number of hydrogen-bond donors (Lipinski definition) is 1. The van der Waals surface area contributed by atoms with Gasteiger partial charge in [-0.3, -0.25) is 19.8 Å². The Morgan fingerprint density at radius 3 is 2.31 bits per heavy atom. The second-order valence-electron chi connectivity index (χ2n) is 8.64. The summed E-state index contributed by atoms with van der Waals surface area (Å²) in [5.74, 6) is -1.76. The highest BCUT2D eigenvalue weighted by Gasteiger charge is 2.37. The number of nitriles is 2. The molecule has 1 fully saturated rings. The van der Waals surface area contributed by atoms with E-state index in [0.29, 0.717) is 16.9 Å². The maximum absolute atomic E-state index is 13.0. The number of nitrogens with zero attached hydrogens (tertiary/aromatic N) is 4. The molecule has 2 aliphatic rings. The van der Waals surface area contributed by atoms with E-state index in [4.69, 9.17) is 4.74 Å². The molecule has 2 aliphatic heterocycles. The van der Waals surface area contributed by atoms with Gasteiger partial charge >= 0.3 is 12.1 Å². The van der Waals surface area contributed by atoms with Gasteiger partial charge in [0.15, 0.2) is 6.73 Å². The average Bonchev–Trinajstić information content (AvgIpc) is 3.23. The Kier molecular flexibility index (Phi) is 7.95. The third-order valence-electron chi connectivity index (χ3n) is 6.44. The van der Waals surface area contributed by atoms with Crippen molar-refractivity contribution in [2.75, 3.05) is 37.1 Å². The molecule has 0 atom stereocenters. The van der Waals surface area contributed by atoms with Crippen molar-refractivity contribution in [3.63, 3.8) is 0 Å². The summed E-state index contributed by atoms with van der Waals surface area (Å²) in [4.78, 5) is 38.3. The highest BCUT2D eigenvalue weighted by atomic mass is 32.2. The van der Waals surface area contributed by atoms with Crippen LogP contribution in [0, 0.1) is 28.6 Å². The summed E-state index contributed by atoms with van der Waals surface area (Å²) in [6.45, 7) is -0.223. The minimum atomic E-state index is -3.82. The zero-order valence-corrected chi connectivity index (χ0v) is 21.6. The van der Waals surface area contributed by atoms with E-state index in [1.807, 2.05) is 0 Å². The Morgan fingerprint density at radius 2 is 1.69 bits per heavy atom. The first-order valence-corrected chi connectivity index (χ1v) is 13.2. The number of carbonyl (C=O) groups is 3. The van der Waals surface area contributed by atoms with Crippen molar-refractivity contribution in [1.29, 1.82) is 10.5 Å². The molecule has 39 heavy (non-hydrogen) atoms. The number of anilines is 2. The number of benzene rings is 2. The molecular weight excluding hydrogens is 526 g/mol. The van der Waals surface area contributed by atoms with Crippen molar-refractivity contribution in [3.05, 3.63) is 59.7 Å². The third kappa shape index (κ3) is 5.45. The molecule has 2 amide bonds. The third-order valence-corrected chi connectivity index (χ3v) is 8.36. The van der Waals surface area contributed by atoms with Gasteiger partial charge in [0.2, 0.25) is 10.0 Å². The normalized spacial score (nSPS) is 15.6. The molecule has 0 unspecified atom stereocenters. The summed E-state index contributed by atoms with van der Waals surface area (Å²) >= 11 is 0. The van der Waals surface area contributed by atoms with E-state index in [-0.39, 0.29) is 42.0 Å². The molecule has 0 aliphatic carbocycles. The number of sulfonamides is 1. The number of methoxy groups -OCH3 is 1. The van der Waals surface area contributed by atoms with Crippen LogP contribution in [0.3, 0.4) is 0 Å². The number of esters is 1. The number of para-hydroxylation sites is 1. The quantitative estimate of drug-likeness (QED) is 0.323. The van der Waals surface area contributed by atoms with Crippen LogP contribution in [-0.4, -0.2) is 57.6 Å². The second-order valence-corrected chi connectivity index (χ2v) is 10.6. The van der Waals surface area contributed by atoms with E-state index in [0.717, 1.165) is 0 Å². The minimum Gasteiger partial charge on any atom is -0.453 e. The minimum absolute atomic E-state index is 0.0423. The largest absolute Gasteiger partial charge is 0.453 e. The fourth-order valence-electron chi connectivity index (χ4n) is 4.39. The van der Waals surface area contributed by atoms with Gasteiger partial charge in [-0.05, 0) is 43.2 Å². The van der Waals surface area contributed by atoms with Gasteiger partial charge in [0.05, 0.1) is 29.2 Å². The van der Waals surface area contributed by atoms with Gasteiger partial charge in [0.1, 0.15) is 17.7 Å². The van der Waals surface area contributed by atoms with E-state index in [1.165, 1.54) is 40.6 Å². The van der Waals surface area contributed by atoms with Gasteiger partial charge in [-0.25, -0.2) is 13.2 Å². The monoisotopic (exact) mass is 549 g/mol. The molecule has 1 N–H and O–H groups in total. The van der Waals surface area contributed by atoms with Gasteiger partial charge in [0.25, 0.3) is 5.91 Å². The molecule has 0 saturated carbocycles. The van der Waals surface area contributed by atoms with Crippen LogP contribution in [0.15, 0.2) is 59.0 Å². The zero-order chi connectivity index (χ0) is 28.2. The number of nitrogens with one attached hydrogen (secondary N) is 1. The maximum Gasteiger partial charge on any atom is 0.411 e. The lowest BCUT2D eigenvalue weighted by atomic mass is 9.98. The number of carbonyl (C=O) groups excluding carboxylic acids is 3. The molecule has 2 heterocycles. The van der Waals surface area contributed by atoms with Crippen LogP contribution in [0.5, 0.6) is 0 Å². The standard InChI is InChI=1S/C26H23N5O7S/c1-37-26(34)29-19-6-8-20(9-7-19)39(35,36)30-12-10-17(11-13-30)25(33)38-16-31-22-5-3-2-4-21(22)23(24(31)32)18(14-27)15-28/h2-9,17H,10-13,16H2,1H3,(H,29,34). The molecule has 200 valence electrons. The van der Waals surface area contributed by atoms with Crippen molar-refractivity contribution in [2.24, 2.45) is 5.92 Å². The highest BCUT2D eigenvalue weighted by Crippen LogP contribution is 2.38. The predicted octanol–water partition coefficient (Wildman–Crippen LogP) is 2.61. The second kappa shape index (κ2) is 11.3. The summed E-state index contributed by atoms with van der Waals surface area (Å²) in [5, 5.41) is 21.0. The number of rotatable bonds is 6. The van der Waals surface area contributed by atoms with Crippen molar-refractivity contribution in [3.8, 4) is 12.1 Å². The molecule has 2 aromatic carbocycles. The summed E-state index contributed by atoms with van der Waals surface area (Å²) in [7, 11) is -2.60. The molecular formula is C26H23N5O7S. The number of ether oxygens (including phenoxy) is 2. The lowest BCUT2D eigenvalue weighted by Crippen LogP contribution is -2.41. The predicted molar refractivity (Wildman–Crippen MR) is 137 cm³/mol. The Balaban J connectivity index is 1.37. The van der Waals surface area contributed by atoms with Gasteiger partial charge in [-0.2, -0.15) is 14.8 Å². The molecule has 2 aromatic rings. The molecule has 0 spiro atoms. The number of allylic oxidation sites excluding steroid dienone is 1. The van der Waals surface area contributed by atoms with Gasteiger partial charge < -0.3 is 9.47 Å². The van der Waals surface area contributed by atoms with Gasteiger partial charge in [-0.15, -0.1) is 0 Å². The SMILES string of the molecule is COC(=O)Nc1ccc(S(=O)(=O)N2CCC(C(=O)OCN3C(=O)C(=C(C#N)C#N)c4ccccc43)CC2)cc1.